The fourth-order valence-corrected chi connectivity index (χ4v) is 3.11. The van der Waals surface area contributed by atoms with Gasteiger partial charge in [0.05, 0.1) is 5.56 Å². The number of hydrogen-bond donors (Lipinski definition) is 0. The highest BCUT2D eigenvalue weighted by Crippen LogP contribution is 2.36. The van der Waals surface area contributed by atoms with E-state index in [4.69, 9.17) is 4.74 Å². The van der Waals surface area contributed by atoms with Gasteiger partial charge in [0.1, 0.15) is 0 Å². The molecule has 1 heterocycles. The number of carbonyl (C=O) groups is 1. The molecule has 0 saturated heterocycles. The van der Waals surface area contributed by atoms with Crippen LogP contribution in [0.3, 0.4) is 0 Å². The van der Waals surface area contributed by atoms with Crippen molar-refractivity contribution in [2.45, 2.75) is 44.4 Å². The standard InChI is InChI=1S/C15H19NO2/c1-16(11-7-3-2-4-8-11)14-12-9-5-6-10-13(12)15(17)18-14/h5-6,9-11,14H,2-4,7-8H2,1H3. The molecule has 0 radical (unpaired) electrons. The van der Waals surface area contributed by atoms with Gasteiger partial charge in [-0.1, -0.05) is 37.5 Å². The zero-order valence-electron chi connectivity index (χ0n) is 10.8. The molecule has 2 aliphatic rings. The molecule has 1 atom stereocenters. The lowest BCUT2D eigenvalue weighted by Crippen LogP contribution is -2.36. The van der Waals surface area contributed by atoms with Crippen LogP contribution in [0.1, 0.15) is 54.3 Å². The molecule has 3 rings (SSSR count). The number of nitrogens with zero attached hydrogens (tertiary/aromatic N) is 1. The average molecular weight is 245 g/mol. The maximum absolute atomic E-state index is 11.8. The first kappa shape index (κ1) is 11.7. The Labute approximate surface area is 108 Å². The highest BCUT2D eigenvalue weighted by molar-refractivity contribution is 5.93. The number of fused-ring (bicyclic) bond motifs is 1. The Bertz CT molecular complexity index is 452. The largest absolute Gasteiger partial charge is 0.438 e. The molecule has 0 spiro atoms. The third-order valence-corrected chi connectivity index (χ3v) is 4.19. The summed E-state index contributed by atoms with van der Waals surface area (Å²) in [5, 5.41) is 0. The molecule has 1 aliphatic heterocycles. The second-order valence-electron chi connectivity index (χ2n) is 5.30. The first-order chi connectivity index (χ1) is 8.77. The zero-order valence-corrected chi connectivity index (χ0v) is 10.8. The van der Waals surface area contributed by atoms with Gasteiger partial charge in [-0.25, -0.2) is 4.79 Å². The second-order valence-corrected chi connectivity index (χ2v) is 5.30. The third-order valence-electron chi connectivity index (χ3n) is 4.19. The monoisotopic (exact) mass is 245 g/mol. The van der Waals surface area contributed by atoms with Gasteiger partial charge in [0.2, 0.25) is 0 Å². The van der Waals surface area contributed by atoms with Crippen LogP contribution in [0.4, 0.5) is 0 Å². The van der Waals surface area contributed by atoms with Crippen LogP contribution in [0.15, 0.2) is 24.3 Å². The van der Waals surface area contributed by atoms with E-state index >= 15 is 0 Å². The second kappa shape index (κ2) is 4.73. The van der Waals surface area contributed by atoms with Crippen molar-refractivity contribution in [2.75, 3.05) is 7.05 Å². The summed E-state index contributed by atoms with van der Waals surface area (Å²) in [4.78, 5) is 14.1. The number of hydrogen-bond acceptors (Lipinski definition) is 3. The van der Waals surface area contributed by atoms with Crippen LogP contribution in [0, 0.1) is 0 Å². The number of benzene rings is 1. The lowest BCUT2D eigenvalue weighted by Gasteiger charge is -2.34. The van der Waals surface area contributed by atoms with E-state index in [1.807, 2.05) is 24.3 Å². The van der Waals surface area contributed by atoms with Gasteiger partial charge in [-0.15, -0.1) is 0 Å². The molecule has 3 nitrogen and oxygen atoms in total. The Morgan fingerprint density at radius 3 is 2.67 bits per heavy atom. The zero-order chi connectivity index (χ0) is 12.5. The first-order valence-corrected chi connectivity index (χ1v) is 6.79. The Morgan fingerprint density at radius 2 is 1.89 bits per heavy atom. The molecule has 0 bridgehead atoms. The Kier molecular flexibility index (Phi) is 3.08. The Balaban J connectivity index is 1.83. The van der Waals surface area contributed by atoms with E-state index in [2.05, 4.69) is 11.9 Å². The highest BCUT2D eigenvalue weighted by Gasteiger charge is 2.36. The normalized spacial score (nSPS) is 24.1. The van der Waals surface area contributed by atoms with Crippen molar-refractivity contribution in [3.63, 3.8) is 0 Å². The molecule has 1 aliphatic carbocycles. The molecule has 0 N–H and O–H groups in total. The molecular weight excluding hydrogens is 226 g/mol. The van der Waals surface area contributed by atoms with Crippen LogP contribution < -0.4 is 0 Å². The van der Waals surface area contributed by atoms with E-state index in [1.54, 1.807) is 0 Å². The number of carbonyl (C=O) groups excluding carboxylic acids is 1. The summed E-state index contributed by atoms with van der Waals surface area (Å²) in [6, 6.07) is 8.27. The van der Waals surface area contributed by atoms with Gasteiger partial charge in [0, 0.05) is 11.6 Å². The van der Waals surface area contributed by atoms with Crippen molar-refractivity contribution in [1.29, 1.82) is 0 Å². The highest BCUT2D eigenvalue weighted by atomic mass is 16.6. The van der Waals surface area contributed by atoms with E-state index in [1.165, 1.54) is 32.1 Å². The summed E-state index contributed by atoms with van der Waals surface area (Å²) >= 11 is 0. The lowest BCUT2D eigenvalue weighted by molar-refractivity contribution is -0.0350. The number of esters is 1. The molecule has 96 valence electrons. The van der Waals surface area contributed by atoms with Gasteiger partial charge in [-0.3, -0.25) is 4.90 Å². The molecule has 3 heteroatoms. The third kappa shape index (κ3) is 1.93. The van der Waals surface area contributed by atoms with Crippen molar-refractivity contribution < 1.29 is 9.53 Å². The van der Waals surface area contributed by atoms with Gasteiger partial charge in [-0.05, 0) is 26.0 Å². The number of ether oxygens (including phenoxy) is 1. The summed E-state index contributed by atoms with van der Waals surface area (Å²) in [5.41, 5.74) is 1.75. The van der Waals surface area contributed by atoms with E-state index in [-0.39, 0.29) is 12.2 Å². The minimum Gasteiger partial charge on any atom is -0.438 e. The van der Waals surface area contributed by atoms with E-state index in [9.17, 15) is 4.79 Å². The molecule has 0 aromatic heterocycles. The fraction of sp³-hybridized carbons (Fsp3) is 0.533. The van der Waals surface area contributed by atoms with E-state index < -0.39 is 0 Å². The molecule has 1 aromatic carbocycles. The van der Waals surface area contributed by atoms with E-state index in [0.29, 0.717) is 6.04 Å². The fourth-order valence-electron chi connectivity index (χ4n) is 3.11. The van der Waals surface area contributed by atoms with E-state index in [0.717, 1.165) is 11.1 Å². The van der Waals surface area contributed by atoms with Crippen LogP contribution in [0.2, 0.25) is 0 Å². The van der Waals surface area contributed by atoms with Gasteiger partial charge < -0.3 is 4.74 Å². The predicted molar refractivity (Wildman–Crippen MR) is 69.2 cm³/mol. The van der Waals surface area contributed by atoms with Crippen molar-refractivity contribution in [3.05, 3.63) is 35.4 Å². The van der Waals surface area contributed by atoms with Gasteiger partial charge in [0.25, 0.3) is 0 Å². The number of rotatable bonds is 2. The van der Waals surface area contributed by atoms with Crippen LogP contribution in [0.25, 0.3) is 0 Å². The molecule has 1 aromatic rings. The summed E-state index contributed by atoms with van der Waals surface area (Å²) in [6.45, 7) is 0. The topological polar surface area (TPSA) is 29.5 Å². The van der Waals surface area contributed by atoms with Crippen LogP contribution in [0.5, 0.6) is 0 Å². The van der Waals surface area contributed by atoms with Crippen molar-refractivity contribution in [1.82, 2.24) is 4.90 Å². The summed E-state index contributed by atoms with van der Waals surface area (Å²) in [6.07, 6.45) is 6.16. The predicted octanol–water partition coefficient (Wildman–Crippen LogP) is 3.12. The summed E-state index contributed by atoms with van der Waals surface area (Å²) in [7, 11) is 2.08. The first-order valence-electron chi connectivity index (χ1n) is 6.79. The van der Waals surface area contributed by atoms with Crippen LogP contribution in [-0.4, -0.2) is 24.0 Å². The van der Waals surface area contributed by atoms with Gasteiger partial charge in [-0.2, -0.15) is 0 Å². The van der Waals surface area contributed by atoms with Crippen molar-refractivity contribution >= 4 is 5.97 Å². The molecule has 1 saturated carbocycles. The van der Waals surface area contributed by atoms with Crippen molar-refractivity contribution in [2.24, 2.45) is 0 Å². The number of cyclic esters (lactones) is 1. The molecular formula is C15H19NO2. The molecule has 1 unspecified atom stereocenters. The SMILES string of the molecule is CN(C1CCCCC1)C1OC(=O)c2ccccc21. The summed E-state index contributed by atoms with van der Waals surface area (Å²) < 4.78 is 5.53. The minimum absolute atomic E-state index is 0.182. The Morgan fingerprint density at radius 1 is 1.17 bits per heavy atom. The maximum atomic E-state index is 11.8. The molecule has 18 heavy (non-hydrogen) atoms. The minimum atomic E-state index is -0.184. The smallest absolute Gasteiger partial charge is 0.340 e. The maximum Gasteiger partial charge on any atom is 0.340 e. The Hall–Kier alpha value is -1.35. The lowest BCUT2D eigenvalue weighted by atomic mass is 9.94. The van der Waals surface area contributed by atoms with Crippen LogP contribution in [-0.2, 0) is 4.74 Å². The van der Waals surface area contributed by atoms with Crippen molar-refractivity contribution in [3.8, 4) is 0 Å². The molecule has 0 amide bonds. The van der Waals surface area contributed by atoms with Gasteiger partial charge in [0.15, 0.2) is 6.23 Å². The molecule has 1 fully saturated rings. The average Bonchev–Trinajstić information content (AvgIpc) is 2.77. The summed E-state index contributed by atoms with van der Waals surface area (Å²) in [5.74, 6) is -0.182. The van der Waals surface area contributed by atoms with Crippen LogP contribution >= 0.6 is 0 Å². The van der Waals surface area contributed by atoms with Gasteiger partial charge >= 0.3 is 5.97 Å². The quantitative estimate of drug-likeness (QED) is 0.750.